The van der Waals surface area contributed by atoms with Gasteiger partial charge in [0, 0.05) is 6.54 Å². The van der Waals surface area contributed by atoms with Crippen LogP contribution in [0, 0.1) is 5.82 Å². The van der Waals surface area contributed by atoms with Gasteiger partial charge >= 0.3 is 6.03 Å². The van der Waals surface area contributed by atoms with Gasteiger partial charge in [-0.15, -0.1) is 0 Å². The number of carbonyl (C=O) groups excluding carboxylic acids is 3. The highest BCUT2D eigenvalue weighted by atomic mass is 19.1. The van der Waals surface area contributed by atoms with Crippen molar-refractivity contribution in [1.82, 2.24) is 15.5 Å². The summed E-state index contributed by atoms with van der Waals surface area (Å²) in [4.78, 5) is 37.9. The van der Waals surface area contributed by atoms with Gasteiger partial charge in [-0.2, -0.15) is 0 Å². The van der Waals surface area contributed by atoms with E-state index in [1.807, 2.05) is 6.07 Å². The zero-order valence-electron chi connectivity index (χ0n) is 14.2. The second kappa shape index (κ2) is 6.95. The van der Waals surface area contributed by atoms with E-state index >= 15 is 0 Å². The topological polar surface area (TPSA) is 78.5 Å². The molecule has 2 aromatic carbocycles. The fourth-order valence-electron chi connectivity index (χ4n) is 2.81. The molecule has 0 aromatic heterocycles. The van der Waals surface area contributed by atoms with Crippen molar-refractivity contribution >= 4 is 17.8 Å². The van der Waals surface area contributed by atoms with Crippen LogP contribution in [0.15, 0.2) is 54.6 Å². The minimum atomic E-state index is -1.20. The molecule has 0 bridgehead atoms. The Bertz CT molecular complexity index is 839. The van der Waals surface area contributed by atoms with Gasteiger partial charge in [0.25, 0.3) is 5.91 Å². The molecule has 0 radical (unpaired) electrons. The number of urea groups is 1. The van der Waals surface area contributed by atoms with Crippen LogP contribution in [-0.4, -0.2) is 29.3 Å². The second-order valence-electron chi connectivity index (χ2n) is 6.22. The second-order valence-corrected chi connectivity index (χ2v) is 6.22. The summed E-state index contributed by atoms with van der Waals surface area (Å²) in [6, 6.07) is 13.9. The Morgan fingerprint density at radius 3 is 2.42 bits per heavy atom. The Morgan fingerprint density at radius 2 is 1.77 bits per heavy atom. The average molecular weight is 355 g/mol. The maximum Gasteiger partial charge on any atom is 0.325 e. The van der Waals surface area contributed by atoms with Gasteiger partial charge in [-0.25, -0.2) is 9.18 Å². The third-order valence-corrected chi connectivity index (χ3v) is 4.33. The fourth-order valence-corrected chi connectivity index (χ4v) is 2.81. The quantitative estimate of drug-likeness (QED) is 0.804. The summed E-state index contributed by atoms with van der Waals surface area (Å²) in [7, 11) is 0. The molecule has 1 aliphatic rings. The molecule has 0 spiro atoms. The molecule has 4 amide bonds. The molecule has 1 atom stereocenters. The Morgan fingerprint density at radius 1 is 1.12 bits per heavy atom. The van der Waals surface area contributed by atoms with E-state index in [9.17, 15) is 18.8 Å². The molecule has 3 rings (SSSR count). The highest BCUT2D eigenvalue weighted by molar-refractivity contribution is 6.09. The van der Waals surface area contributed by atoms with Crippen molar-refractivity contribution in [2.75, 3.05) is 6.54 Å². The molecule has 1 heterocycles. The lowest BCUT2D eigenvalue weighted by Crippen LogP contribution is -2.43. The number of imide groups is 1. The van der Waals surface area contributed by atoms with Gasteiger partial charge in [-0.1, -0.05) is 42.5 Å². The lowest BCUT2D eigenvalue weighted by atomic mass is 9.92. The molecular weight excluding hydrogens is 337 g/mol. The minimum Gasteiger partial charge on any atom is -0.350 e. The number of hydrogen-bond donors (Lipinski definition) is 2. The standard InChI is InChI=1S/C19H18FN3O3/c1-19(14-5-3-2-4-6-14)17(25)23(18(26)22-19)12-16(24)21-11-13-7-9-15(20)10-8-13/h2-10H,11-12H2,1H3,(H,21,24)(H,22,26)/t19-/m0/s1. The molecule has 2 aromatic rings. The van der Waals surface area contributed by atoms with Gasteiger partial charge < -0.3 is 10.6 Å². The van der Waals surface area contributed by atoms with E-state index in [4.69, 9.17) is 0 Å². The highest BCUT2D eigenvalue weighted by Gasteiger charge is 2.49. The van der Waals surface area contributed by atoms with E-state index in [0.717, 1.165) is 4.90 Å². The van der Waals surface area contributed by atoms with Gasteiger partial charge in [0.05, 0.1) is 0 Å². The first-order valence-electron chi connectivity index (χ1n) is 8.11. The van der Waals surface area contributed by atoms with Crippen LogP contribution < -0.4 is 10.6 Å². The summed E-state index contributed by atoms with van der Waals surface area (Å²) in [6.45, 7) is 1.41. The van der Waals surface area contributed by atoms with Crippen LogP contribution in [0.1, 0.15) is 18.1 Å². The zero-order chi connectivity index (χ0) is 18.7. The SMILES string of the molecule is C[C@@]1(c2ccccc2)NC(=O)N(CC(=O)NCc2ccc(F)cc2)C1=O. The number of hydrogen-bond acceptors (Lipinski definition) is 3. The predicted octanol–water partition coefficient (Wildman–Crippen LogP) is 1.91. The average Bonchev–Trinajstić information content (AvgIpc) is 2.86. The molecule has 0 aliphatic carbocycles. The van der Waals surface area contributed by atoms with Gasteiger partial charge in [-0.05, 0) is 30.2 Å². The Kier molecular flexibility index (Phi) is 4.71. The molecule has 7 heteroatoms. The van der Waals surface area contributed by atoms with E-state index in [1.54, 1.807) is 43.3 Å². The summed E-state index contributed by atoms with van der Waals surface area (Å²) in [6.07, 6.45) is 0. The molecule has 2 N–H and O–H groups in total. The van der Waals surface area contributed by atoms with Crippen molar-refractivity contribution in [3.05, 3.63) is 71.5 Å². The fraction of sp³-hybridized carbons (Fsp3) is 0.211. The third kappa shape index (κ3) is 3.42. The maximum absolute atomic E-state index is 12.9. The number of nitrogens with zero attached hydrogens (tertiary/aromatic N) is 1. The first-order chi connectivity index (χ1) is 12.4. The summed E-state index contributed by atoms with van der Waals surface area (Å²) < 4.78 is 12.9. The monoisotopic (exact) mass is 355 g/mol. The first-order valence-corrected chi connectivity index (χ1v) is 8.11. The van der Waals surface area contributed by atoms with Gasteiger partial charge in [0.2, 0.25) is 5.91 Å². The summed E-state index contributed by atoms with van der Waals surface area (Å²) >= 11 is 0. The summed E-state index contributed by atoms with van der Waals surface area (Å²) in [5, 5.41) is 5.27. The van der Waals surface area contributed by atoms with E-state index in [1.165, 1.54) is 12.1 Å². The number of halogens is 1. The molecule has 134 valence electrons. The largest absolute Gasteiger partial charge is 0.350 e. The van der Waals surface area contributed by atoms with Crippen molar-refractivity contribution in [3.8, 4) is 0 Å². The zero-order valence-corrected chi connectivity index (χ0v) is 14.2. The van der Waals surface area contributed by atoms with Gasteiger partial charge in [-0.3, -0.25) is 14.5 Å². The van der Waals surface area contributed by atoms with Crippen LogP contribution in [-0.2, 0) is 21.7 Å². The molecule has 1 saturated heterocycles. The van der Waals surface area contributed by atoms with Crippen molar-refractivity contribution in [2.45, 2.75) is 19.0 Å². The molecule has 0 unspecified atom stereocenters. The van der Waals surface area contributed by atoms with Gasteiger partial charge in [0.1, 0.15) is 17.9 Å². The molecule has 1 aliphatic heterocycles. The molecule has 6 nitrogen and oxygen atoms in total. The van der Waals surface area contributed by atoms with E-state index in [-0.39, 0.29) is 18.9 Å². The lowest BCUT2D eigenvalue weighted by molar-refractivity contribution is -0.134. The van der Waals surface area contributed by atoms with E-state index in [0.29, 0.717) is 11.1 Å². The smallest absolute Gasteiger partial charge is 0.325 e. The third-order valence-electron chi connectivity index (χ3n) is 4.33. The molecular formula is C19H18FN3O3. The number of amides is 4. The maximum atomic E-state index is 12.9. The number of carbonyl (C=O) groups is 3. The van der Waals surface area contributed by atoms with Crippen LogP contribution in [0.4, 0.5) is 9.18 Å². The lowest BCUT2D eigenvalue weighted by Gasteiger charge is -2.22. The van der Waals surface area contributed by atoms with Crippen LogP contribution in [0.5, 0.6) is 0 Å². The van der Waals surface area contributed by atoms with Crippen LogP contribution >= 0.6 is 0 Å². The van der Waals surface area contributed by atoms with E-state index in [2.05, 4.69) is 10.6 Å². The molecule has 0 saturated carbocycles. The van der Waals surface area contributed by atoms with Crippen molar-refractivity contribution < 1.29 is 18.8 Å². The van der Waals surface area contributed by atoms with Crippen molar-refractivity contribution in [1.29, 1.82) is 0 Å². The normalized spacial score (nSPS) is 19.4. The number of rotatable bonds is 5. The summed E-state index contributed by atoms with van der Waals surface area (Å²) in [5.41, 5.74) is 0.161. The predicted molar refractivity (Wildman–Crippen MR) is 92.3 cm³/mol. The van der Waals surface area contributed by atoms with Gasteiger partial charge in [0.15, 0.2) is 0 Å². The molecule has 26 heavy (non-hydrogen) atoms. The van der Waals surface area contributed by atoms with Crippen LogP contribution in [0.25, 0.3) is 0 Å². The molecule has 1 fully saturated rings. The van der Waals surface area contributed by atoms with Crippen LogP contribution in [0.2, 0.25) is 0 Å². The Hall–Kier alpha value is -3.22. The van der Waals surface area contributed by atoms with E-state index < -0.39 is 23.4 Å². The van der Waals surface area contributed by atoms with Crippen LogP contribution in [0.3, 0.4) is 0 Å². The summed E-state index contributed by atoms with van der Waals surface area (Å²) in [5.74, 6) is -1.32. The number of nitrogens with one attached hydrogen (secondary N) is 2. The Labute approximate surface area is 150 Å². The first kappa shape index (κ1) is 17.6. The minimum absolute atomic E-state index is 0.179. The van der Waals surface area contributed by atoms with Crippen molar-refractivity contribution in [3.63, 3.8) is 0 Å². The Balaban J connectivity index is 1.64. The highest BCUT2D eigenvalue weighted by Crippen LogP contribution is 2.28. The number of benzene rings is 2. The van der Waals surface area contributed by atoms with Crippen molar-refractivity contribution in [2.24, 2.45) is 0 Å².